The zero-order chi connectivity index (χ0) is 17.5. The molecular weight excluding hydrogens is 358 g/mol. The van der Waals surface area contributed by atoms with Crippen LogP contribution in [0.5, 0.6) is 0 Å². The van der Waals surface area contributed by atoms with E-state index in [1.165, 1.54) is 29.7 Å². The quantitative estimate of drug-likeness (QED) is 0.615. The maximum Gasteiger partial charge on any atom is 0.241 e. The van der Waals surface area contributed by atoms with Gasteiger partial charge in [0.25, 0.3) is 0 Å². The molecule has 2 nitrogen and oxygen atoms in total. The lowest BCUT2D eigenvalue weighted by Crippen LogP contribution is -2.38. The molecular formula is C19H28ClNOS2. The molecule has 2 unspecified atom stereocenters. The lowest BCUT2D eigenvalue weighted by atomic mass is 10.0. The second-order valence-corrected chi connectivity index (χ2v) is 9.68. The smallest absolute Gasteiger partial charge is 0.241 e. The third-order valence-electron chi connectivity index (χ3n) is 4.42. The van der Waals surface area contributed by atoms with Gasteiger partial charge in [0.05, 0.1) is 10.3 Å². The molecule has 1 aromatic carbocycles. The second-order valence-electron chi connectivity index (χ2n) is 6.16. The highest BCUT2D eigenvalue weighted by Gasteiger charge is 2.26. The van der Waals surface area contributed by atoms with E-state index in [0.717, 1.165) is 25.1 Å². The highest BCUT2D eigenvalue weighted by molar-refractivity contribution is 8.17. The summed E-state index contributed by atoms with van der Waals surface area (Å²) in [6.45, 7) is 7.35. The van der Waals surface area contributed by atoms with Gasteiger partial charge in [-0.1, -0.05) is 39.0 Å². The summed E-state index contributed by atoms with van der Waals surface area (Å²) in [4.78, 5) is 14.6. The normalized spacial score (nSPS) is 21.3. The van der Waals surface area contributed by atoms with E-state index in [1.54, 1.807) is 0 Å². The van der Waals surface area contributed by atoms with Crippen LogP contribution in [-0.4, -0.2) is 33.9 Å². The van der Waals surface area contributed by atoms with Gasteiger partial charge in [-0.2, -0.15) is 0 Å². The van der Waals surface area contributed by atoms with E-state index in [-0.39, 0.29) is 11.8 Å². The molecule has 1 aliphatic heterocycles. The fraction of sp³-hybridized carbons (Fsp3) is 0.632. The van der Waals surface area contributed by atoms with Crippen LogP contribution in [0.4, 0.5) is 5.69 Å². The van der Waals surface area contributed by atoms with Crippen molar-refractivity contribution in [2.45, 2.75) is 56.3 Å². The van der Waals surface area contributed by atoms with Crippen LogP contribution in [0.1, 0.15) is 44.7 Å². The maximum atomic E-state index is 12.7. The topological polar surface area (TPSA) is 20.3 Å². The standard InChI is InChI=1S/C19H28ClNOS2/c1-4-15-9-6-10-16(5-2)19(15)21(17(22)12-20)13-18-23-11-7-8-14(3)24-18/h6,9-10,14,18H,4-5,7-8,11-13H2,1-3H3. The van der Waals surface area contributed by atoms with Gasteiger partial charge in [-0.05, 0) is 42.6 Å². The van der Waals surface area contributed by atoms with Crippen molar-refractivity contribution in [2.75, 3.05) is 23.1 Å². The first-order valence-electron chi connectivity index (χ1n) is 8.84. The minimum atomic E-state index is 0.0189. The number of benzene rings is 1. The van der Waals surface area contributed by atoms with Gasteiger partial charge in [-0.3, -0.25) is 4.79 Å². The van der Waals surface area contributed by atoms with Crippen LogP contribution in [0.15, 0.2) is 18.2 Å². The third kappa shape index (κ3) is 5.09. The van der Waals surface area contributed by atoms with Crippen molar-refractivity contribution in [1.29, 1.82) is 0 Å². The average Bonchev–Trinajstić information content (AvgIpc) is 2.82. The first-order valence-corrected chi connectivity index (χ1v) is 11.4. The summed E-state index contributed by atoms with van der Waals surface area (Å²) in [6.07, 6.45) is 4.39. The Hall–Kier alpha value is -0.320. The Balaban J connectivity index is 2.33. The second kappa shape index (κ2) is 9.98. The van der Waals surface area contributed by atoms with Crippen LogP contribution in [0.3, 0.4) is 0 Å². The zero-order valence-corrected chi connectivity index (χ0v) is 17.3. The van der Waals surface area contributed by atoms with E-state index >= 15 is 0 Å². The number of rotatable bonds is 6. The Morgan fingerprint density at radius 2 is 1.96 bits per heavy atom. The van der Waals surface area contributed by atoms with E-state index in [9.17, 15) is 4.79 Å². The number of para-hydroxylation sites is 1. The van der Waals surface area contributed by atoms with Crippen molar-refractivity contribution in [2.24, 2.45) is 0 Å². The van der Waals surface area contributed by atoms with Crippen LogP contribution in [0.2, 0.25) is 0 Å². The Morgan fingerprint density at radius 3 is 2.54 bits per heavy atom. The van der Waals surface area contributed by atoms with Crippen molar-refractivity contribution < 1.29 is 4.79 Å². The predicted molar refractivity (Wildman–Crippen MR) is 111 cm³/mol. The molecule has 0 radical (unpaired) electrons. The molecule has 0 saturated carbocycles. The zero-order valence-electron chi connectivity index (χ0n) is 14.9. The van der Waals surface area contributed by atoms with Gasteiger partial charge >= 0.3 is 0 Å². The SMILES string of the molecule is CCc1cccc(CC)c1N(CC1SCCCC(C)S1)C(=O)CCl. The summed E-state index contributed by atoms with van der Waals surface area (Å²) in [6, 6.07) is 6.37. The molecule has 1 amide bonds. The number of thioether (sulfide) groups is 2. The van der Waals surface area contributed by atoms with Gasteiger partial charge in [0.1, 0.15) is 5.88 Å². The lowest BCUT2D eigenvalue weighted by Gasteiger charge is -2.30. The number of hydrogen-bond donors (Lipinski definition) is 0. The van der Waals surface area contributed by atoms with E-state index in [4.69, 9.17) is 11.6 Å². The summed E-state index contributed by atoms with van der Waals surface area (Å²) in [5.41, 5.74) is 3.58. The summed E-state index contributed by atoms with van der Waals surface area (Å²) < 4.78 is 0.421. The van der Waals surface area contributed by atoms with Crippen molar-refractivity contribution in [3.63, 3.8) is 0 Å². The number of anilines is 1. The number of alkyl halides is 1. The Morgan fingerprint density at radius 1 is 1.29 bits per heavy atom. The molecule has 2 rings (SSSR count). The molecule has 0 aromatic heterocycles. The summed E-state index contributed by atoms with van der Waals surface area (Å²) in [5, 5.41) is 0.657. The first kappa shape index (κ1) is 20.0. The largest absolute Gasteiger partial charge is 0.309 e. The fourth-order valence-corrected chi connectivity index (χ4v) is 6.37. The fourth-order valence-electron chi connectivity index (χ4n) is 3.15. The molecule has 2 atom stereocenters. The van der Waals surface area contributed by atoms with E-state index < -0.39 is 0 Å². The molecule has 1 aliphatic rings. The molecule has 134 valence electrons. The monoisotopic (exact) mass is 385 g/mol. The molecule has 0 N–H and O–H groups in total. The number of amides is 1. The van der Waals surface area contributed by atoms with Crippen LogP contribution < -0.4 is 4.90 Å². The van der Waals surface area contributed by atoms with Crippen LogP contribution in [0.25, 0.3) is 0 Å². The Labute approximate surface area is 160 Å². The predicted octanol–water partition coefficient (Wildman–Crippen LogP) is 5.36. The minimum absolute atomic E-state index is 0.0189. The van der Waals surface area contributed by atoms with Crippen molar-refractivity contribution >= 4 is 46.7 Å². The molecule has 0 spiro atoms. The van der Waals surface area contributed by atoms with E-state index in [1.807, 2.05) is 28.4 Å². The van der Waals surface area contributed by atoms with E-state index in [0.29, 0.717) is 9.83 Å². The van der Waals surface area contributed by atoms with Gasteiger partial charge in [-0.15, -0.1) is 35.1 Å². The summed E-state index contributed by atoms with van der Waals surface area (Å²) in [5.74, 6) is 1.24. The van der Waals surface area contributed by atoms with Gasteiger partial charge in [0.15, 0.2) is 0 Å². The van der Waals surface area contributed by atoms with E-state index in [2.05, 4.69) is 39.0 Å². The summed E-state index contributed by atoms with van der Waals surface area (Å²) >= 11 is 9.96. The van der Waals surface area contributed by atoms with Crippen LogP contribution in [-0.2, 0) is 17.6 Å². The van der Waals surface area contributed by atoms with Gasteiger partial charge in [0.2, 0.25) is 5.91 Å². The van der Waals surface area contributed by atoms with Gasteiger partial charge < -0.3 is 4.90 Å². The van der Waals surface area contributed by atoms with Crippen molar-refractivity contribution in [3.05, 3.63) is 29.3 Å². The highest BCUT2D eigenvalue weighted by atomic mass is 35.5. The molecule has 0 aliphatic carbocycles. The molecule has 24 heavy (non-hydrogen) atoms. The third-order valence-corrected chi connectivity index (χ3v) is 7.59. The average molecular weight is 386 g/mol. The Bertz CT molecular complexity index is 530. The molecule has 1 saturated heterocycles. The lowest BCUT2D eigenvalue weighted by molar-refractivity contribution is -0.116. The number of nitrogens with zero attached hydrogens (tertiary/aromatic N) is 1. The van der Waals surface area contributed by atoms with Crippen LogP contribution in [0, 0.1) is 0 Å². The number of hydrogen-bond acceptors (Lipinski definition) is 3. The first-order chi connectivity index (χ1) is 11.6. The van der Waals surface area contributed by atoms with Crippen LogP contribution >= 0.6 is 35.1 Å². The summed E-state index contributed by atoms with van der Waals surface area (Å²) in [7, 11) is 0. The highest BCUT2D eigenvalue weighted by Crippen LogP contribution is 2.37. The number of halogens is 1. The molecule has 0 bridgehead atoms. The Kier molecular flexibility index (Phi) is 8.32. The van der Waals surface area contributed by atoms with Gasteiger partial charge in [0, 0.05) is 11.8 Å². The number of carbonyl (C=O) groups excluding carboxylic acids is 1. The van der Waals surface area contributed by atoms with Crippen molar-refractivity contribution in [1.82, 2.24) is 0 Å². The molecule has 5 heteroatoms. The number of carbonyl (C=O) groups is 1. The van der Waals surface area contributed by atoms with Crippen molar-refractivity contribution in [3.8, 4) is 0 Å². The number of aryl methyl sites for hydroxylation is 2. The molecule has 1 heterocycles. The molecule has 1 aromatic rings. The van der Waals surface area contributed by atoms with Gasteiger partial charge in [-0.25, -0.2) is 0 Å². The minimum Gasteiger partial charge on any atom is -0.309 e. The maximum absolute atomic E-state index is 12.7. The molecule has 1 fully saturated rings.